The van der Waals surface area contributed by atoms with Crippen LogP contribution >= 0.6 is 0 Å². The third kappa shape index (κ3) is 2.59. The Morgan fingerprint density at radius 3 is 2.41 bits per heavy atom. The van der Waals surface area contributed by atoms with E-state index in [-0.39, 0.29) is 5.56 Å². The molecule has 0 aliphatic carbocycles. The van der Waals surface area contributed by atoms with Gasteiger partial charge in [0.1, 0.15) is 11.9 Å². The minimum absolute atomic E-state index is 0.0830. The van der Waals surface area contributed by atoms with Crippen LogP contribution in [0.3, 0.4) is 0 Å². The molecule has 1 nitrogen and oxygen atoms in total. The molecule has 0 spiro atoms. The molecule has 0 saturated heterocycles. The smallest absolute Gasteiger partial charge is 0.141 e. The standard InChI is InChI=1S/C15H10FN/c16-15-8-4-7-13(14(15)11-17)10-9-12-5-2-1-3-6-12/h1-10H/b10-9+. The molecule has 0 heterocycles. The van der Waals surface area contributed by atoms with Crippen LogP contribution in [0, 0.1) is 17.1 Å². The van der Waals surface area contributed by atoms with Crippen LogP contribution < -0.4 is 0 Å². The number of hydrogen-bond donors (Lipinski definition) is 0. The van der Waals surface area contributed by atoms with E-state index >= 15 is 0 Å². The third-order valence-corrected chi connectivity index (χ3v) is 2.41. The molecule has 0 saturated carbocycles. The highest BCUT2D eigenvalue weighted by molar-refractivity contribution is 5.72. The van der Waals surface area contributed by atoms with Crippen LogP contribution in [0.5, 0.6) is 0 Å². The molecule has 0 atom stereocenters. The van der Waals surface area contributed by atoms with E-state index < -0.39 is 5.82 Å². The van der Waals surface area contributed by atoms with E-state index in [2.05, 4.69) is 0 Å². The monoisotopic (exact) mass is 223 g/mol. The Morgan fingerprint density at radius 2 is 1.71 bits per heavy atom. The van der Waals surface area contributed by atoms with Gasteiger partial charge in [-0.25, -0.2) is 4.39 Å². The Bertz CT molecular complexity index is 580. The van der Waals surface area contributed by atoms with Gasteiger partial charge in [-0.15, -0.1) is 0 Å². The fourth-order valence-corrected chi connectivity index (χ4v) is 1.55. The molecule has 2 aromatic rings. The lowest BCUT2D eigenvalue weighted by atomic mass is 10.1. The molecule has 0 amide bonds. The number of nitrogens with zero attached hydrogens (tertiary/aromatic N) is 1. The van der Waals surface area contributed by atoms with Crippen molar-refractivity contribution in [2.75, 3.05) is 0 Å². The molecule has 0 N–H and O–H groups in total. The first-order valence-electron chi connectivity index (χ1n) is 5.23. The van der Waals surface area contributed by atoms with Crippen LogP contribution in [0.25, 0.3) is 12.2 Å². The van der Waals surface area contributed by atoms with Crippen molar-refractivity contribution >= 4 is 12.2 Å². The summed E-state index contributed by atoms with van der Waals surface area (Å²) in [4.78, 5) is 0. The average molecular weight is 223 g/mol. The topological polar surface area (TPSA) is 23.8 Å². The van der Waals surface area contributed by atoms with Crippen molar-refractivity contribution in [1.82, 2.24) is 0 Å². The number of benzene rings is 2. The van der Waals surface area contributed by atoms with E-state index in [0.717, 1.165) is 5.56 Å². The summed E-state index contributed by atoms with van der Waals surface area (Å²) in [6.45, 7) is 0. The number of rotatable bonds is 2. The van der Waals surface area contributed by atoms with Crippen LogP contribution in [-0.2, 0) is 0 Å². The molecule has 0 fully saturated rings. The van der Waals surface area contributed by atoms with Crippen LogP contribution in [0.4, 0.5) is 4.39 Å². The minimum Gasteiger partial charge on any atom is -0.206 e. The molecule has 17 heavy (non-hydrogen) atoms. The van der Waals surface area contributed by atoms with E-state index in [1.807, 2.05) is 42.5 Å². The predicted molar refractivity (Wildman–Crippen MR) is 66.5 cm³/mol. The molecule has 0 radical (unpaired) electrons. The number of nitriles is 1. The zero-order chi connectivity index (χ0) is 12.1. The van der Waals surface area contributed by atoms with Gasteiger partial charge < -0.3 is 0 Å². The molecule has 82 valence electrons. The second-order valence-electron chi connectivity index (χ2n) is 3.56. The first-order chi connectivity index (χ1) is 8.31. The first-order valence-corrected chi connectivity index (χ1v) is 5.23. The van der Waals surface area contributed by atoms with Crippen LogP contribution in [0.2, 0.25) is 0 Å². The summed E-state index contributed by atoms with van der Waals surface area (Å²) in [5.41, 5.74) is 1.69. The second-order valence-corrected chi connectivity index (χ2v) is 3.56. The maximum Gasteiger partial charge on any atom is 0.141 e. The van der Waals surface area contributed by atoms with Gasteiger partial charge in [-0.3, -0.25) is 0 Å². The van der Waals surface area contributed by atoms with Gasteiger partial charge in [0.25, 0.3) is 0 Å². The van der Waals surface area contributed by atoms with Gasteiger partial charge in [0, 0.05) is 0 Å². The Hall–Kier alpha value is -2.40. The van der Waals surface area contributed by atoms with Crippen LogP contribution in [-0.4, -0.2) is 0 Å². The highest BCUT2D eigenvalue weighted by atomic mass is 19.1. The summed E-state index contributed by atoms with van der Waals surface area (Å²) >= 11 is 0. The van der Waals surface area contributed by atoms with Crippen LogP contribution in [0.15, 0.2) is 48.5 Å². The van der Waals surface area contributed by atoms with Gasteiger partial charge in [0.2, 0.25) is 0 Å². The molecule has 0 aliphatic heterocycles. The lowest BCUT2D eigenvalue weighted by Gasteiger charge is -1.98. The molecule has 0 unspecified atom stereocenters. The number of halogens is 1. The lowest BCUT2D eigenvalue weighted by Crippen LogP contribution is -1.87. The van der Waals surface area contributed by atoms with Crippen LogP contribution in [0.1, 0.15) is 16.7 Å². The second kappa shape index (κ2) is 5.09. The van der Waals surface area contributed by atoms with E-state index in [0.29, 0.717) is 5.56 Å². The van der Waals surface area contributed by atoms with Gasteiger partial charge in [-0.1, -0.05) is 54.6 Å². The summed E-state index contributed by atoms with van der Waals surface area (Å²) in [7, 11) is 0. The summed E-state index contributed by atoms with van der Waals surface area (Å²) in [6, 6.07) is 16.2. The Kier molecular flexibility index (Phi) is 3.32. The van der Waals surface area contributed by atoms with Gasteiger partial charge in [-0.2, -0.15) is 5.26 Å². The maximum absolute atomic E-state index is 13.3. The minimum atomic E-state index is -0.484. The van der Waals surface area contributed by atoms with Gasteiger partial charge in [-0.05, 0) is 17.2 Å². The number of hydrogen-bond acceptors (Lipinski definition) is 1. The molecule has 0 aliphatic rings. The quantitative estimate of drug-likeness (QED) is 0.709. The summed E-state index contributed by atoms with van der Waals surface area (Å²) in [5, 5.41) is 8.87. The molecule has 0 bridgehead atoms. The Balaban J connectivity index is 2.35. The predicted octanol–water partition coefficient (Wildman–Crippen LogP) is 3.87. The summed E-state index contributed by atoms with van der Waals surface area (Å²) in [6.07, 6.45) is 3.60. The van der Waals surface area contributed by atoms with Gasteiger partial charge in [0.05, 0.1) is 5.56 Å². The van der Waals surface area contributed by atoms with E-state index in [9.17, 15) is 4.39 Å². The summed E-state index contributed by atoms with van der Waals surface area (Å²) in [5.74, 6) is -0.484. The molecular formula is C15H10FN. The van der Waals surface area contributed by atoms with Gasteiger partial charge >= 0.3 is 0 Å². The molecule has 2 heteroatoms. The van der Waals surface area contributed by atoms with Crippen molar-refractivity contribution in [2.45, 2.75) is 0 Å². The van der Waals surface area contributed by atoms with Crippen molar-refractivity contribution in [1.29, 1.82) is 5.26 Å². The zero-order valence-electron chi connectivity index (χ0n) is 9.10. The molecule has 2 aromatic carbocycles. The van der Waals surface area contributed by atoms with E-state index in [4.69, 9.17) is 5.26 Å². The van der Waals surface area contributed by atoms with E-state index in [1.165, 1.54) is 6.07 Å². The molecule has 0 aromatic heterocycles. The molecule has 2 rings (SSSR count). The van der Waals surface area contributed by atoms with Crippen molar-refractivity contribution in [3.05, 3.63) is 71.0 Å². The van der Waals surface area contributed by atoms with Crippen molar-refractivity contribution < 1.29 is 4.39 Å². The fraction of sp³-hybridized carbons (Fsp3) is 0. The third-order valence-electron chi connectivity index (χ3n) is 2.41. The highest BCUT2D eigenvalue weighted by Gasteiger charge is 2.04. The van der Waals surface area contributed by atoms with Crippen molar-refractivity contribution in [3.63, 3.8) is 0 Å². The Morgan fingerprint density at radius 1 is 0.941 bits per heavy atom. The van der Waals surface area contributed by atoms with Gasteiger partial charge in [0.15, 0.2) is 0 Å². The Labute approximate surface area is 99.5 Å². The molecular weight excluding hydrogens is 213 g/mol. The fourth-order valence-electron chi connectivity index (χ4n) is 1.55. The van der Waals surface area contributed by atoms with Crippen molar-refractivity contribution in [2.24, 2.45) is 0 Å². The first kappa shape index (κ1) is 11.1. The highest BCUT2D eigenvalue weighted by Crippen LogP contribution is 2.15. The SMILES string of the molecule is N#Cc1c(F)cccc1/C=C/c1ccccc1. The zero-order valence-corrected chi connectivity index (χ0v) is 9.10. The average Bonchev–Trinajstić information content (AvgIpc) is 2.37. The normalized spacial score (nSPS) is 10.4. The van der Waals surface area contributed by atoms with E-state index in [1.54, 1.807) is 18.2 Å². The largest absolute Gasteiger partial charge is 0.206 e. The van der Waals surface area contributed by atoms with Crippen molar-refractivity contribution in [3.8, 4) is 6.07 Å². The summed E-state index contributed by atoms with van der Waals surface area (Å²) < 4.78 is 13.3. The lowest BCUT2D eigenvalue weighted by molar-refractivity contribution is 0.623. The maximum atomic E-state index is 13.3.